The molecular weight excluding hydrogens is 288 g/mol. The van der Waals surface area contributed by atoms with Gasteiger partial charge in [0.15, 0.2) is 0 Å². The van der Waals surface area contributed by atoms with Gasteiger partial charge in [0.25, 0.3) is 0 Å². The Bertz CT molecular complexity index is 610. The van der Waals surface area contributed by atoms with Crippen LogP contribution in [0.25, 0.3) is 0 Å². The zero-order valence-corrected chi connectivity index (χ0v) is 12.2. The van der Waals surface area contributed by atoms with Crippen molar-refractivity contribution in [2.24, 2.45) is 0 Å². The van der Waals surface area contributed by atoms with Crippen molar-refractivity contribution in [1.82, 2.24) is 20.2 Å². The second kappa shape index (κ2) is 6.26. The Morgan fingerprint density at radius 1 is 1.29 bits per heavy atom. The summed E-state index contributed by atoms with van der Waals surface area (Å²) in [4.78, 5) is 11.6. The van der Waals surface area contributed by atoms with E-state index in [2.05, 4.69) is 15.5 Å². The maximum Gasteiger partial charge on any atom is 0.321 e. The molecule has 1 heterocycles. The van der Waals surface area contributed by atoms with Crippen molar-refractivity contribution in [3.05, 3.63) is 35.9 Å². The fourth-order valence-electron chi connectivity index (χ4n) is 2.64. The quantitative estimate of drug-likeness (QED) is 0.855. The van der Waals surface area contributed by atoms with Gasteiger partial charge in [0.05, 0.1) is 6.04 Å². The highest BCUT2D eigenvalue weighted by molar-refractivity contribution is 8.00. The summed E-state index contributed by atoms with van der Waals surface area (Å²) in [7, 11) is 0. The summed E-state index contributed by atoms with van der Waals surface area (Å²) in [5.41, 5.74) is 0.746. The number of carbonyl (C=O) groups is 1. The molecule has 1 aromatic heterocycles. The summed E-state index contributed by atoms with van der Waals surface area (Å²) in [6, 6.07) is 9.48. The first kappa shape index (κ1) is 14.1. The molecule has 21 heavy (non-hydrogen) atoms. The first-order valence-electron chi connectivity index (χ1n) is 6.98. The number of aliphatic carboxylic acids is 1. The standard InChI is InChI=1S/C14H16N4O2S/c19-13(20)12(10-6-2-1-3-7-10)21-14-15-16-17-18(14)11-8-4-5-9-11/h1-3,6-7,11-12H,4-5,8-9H2,(H,19,20). The molecule has 7 heteroatoms. The lowest BCUT2D eigenvalue weighted by Crippen LogP contribution is -2.12. The number of hydrogen-bond acceptors (Lipinski definition) is 5. The molecule has 1 aliphatic carbocycles. The lowest BCUT2D eigenvalue weighted by Gasteiger charge is -2.14. The second-order valence-electron chi connectivity index (χ2n) is 5.09. The molecule has 1 atom stereocenters. The van der Waals surface area contributed by atoms with Gasteiger partial charge in [-0.25, -0.2) is 4.68 Å². The molecule has 0 amide bonds. The zero-order chi connectivity index (χ0) is 14.7. The largest absolute Gasteiger partial charge is 0.480 e. The monoisotopic (exact) mass is 304 g/mol. The van der Waals surface area contributed by atoms with Gasteiger partial charge in [-0.3, -0.25) is 4.79 Å². The van der Waals surface area contributed by atoms with Crippen LogP contribution < -0.4 is 0 Å². The van der Waals surface area contributed by atoms with Crippen LogP contribution in [-0.2, 0) is 4.79 Å². The van der Waals surface area contributed by atoms with E-state index in [0.717, 1.165) is 18.4 Å². The van der Waals surface area contributed by atoms with E-state index in [4.69, 9.17) is 0 Å². The highest BCUT2D eigenvalue weighted by atomic mass is 32.2. The van der Waals surface area contributed by atoms with Gasteiger partial charge in [-0.2, -0.15) is 0 Å². The summed E-state index contributed by atoms with van der Waals surface area (Å²) < 4.78 is 1.79. The van der Waals surface area contributed by atoms with Crippen molar-refractivity contribution in [3.63, 3.8) is 0 Å². The molecule has 1 N–H and O–H groups in total. The molecule has 0 aliphatic heterocycles. The number of hydrogen-bond donors (Lipinski definition) is 1. The van der Waals surface area contributed by atoms with Gasteiger partial charge in [0.1, 0.15) is 5.25 Å². The van der Waals surface area contributed by atoms with Crippen LogP contribution >= 0.6 is 11.8 Å². The molecule has 6 nitrogen and oxygen atoms in total. The summed E-state index contributed by atoms with van der Waals surface area (Å²) >= 11 is 1.20. The molecule has 0 saturated heterocycles. The molecule has 1 fully saturated rings. The number of tetrazole rings is 1. The number of nitrogens with zero attached hydrogens (tertiary/aromatic N) is 4. The molecule has 1 aromatic carbocycles. The van der Waals surface area contributed by atoms with E-state index in [1.807, 2.05) is 30.3 Å². The van der Waals surface area contributed by atoms with E-state index < -0.39 is 11.2 Å². The van der Waals surface area contributed by atoms with Crippen molar-refractivity contribution in [1.29, 1.82) is 0 Å². The van der Waals surface area contributed by atoms with Crippen LogP contribution in [0.5, 0.6) is 0 Å². The van der Waals surface area contributed by atoms with E-state index in [0.29, 0.717) is 11.2 Å². The smallest absolute Gasteiger partial charge is 0.321 e. The van der Waals surface area contributed by atoms with Gasteiger partial charge in [-0.1, -0.05) is 54.9 Å². The number of carboxylic acid groups (broad SMARTS) is 1. The molecule has 0 spiro atoms. The maximum atomic E-state index is 11.6. The summed E-state index contributed by atoms with van der Waals surface area (Å²) in [6.07, 6.45) is 4.47. The third-order valence-electron chi connectivity index (χ3n) is 3.68. The van der Waals surface area contributed by atoms with Crippen LogP contribution in [-0.4, -0.2) is 31.3 Å². The summed E-state index contributed by atoms with van der Waals surface area (Å²) in [6.45, 7) is 0. The van der Waals surface area contributed by atoms with Crippen LogP contribution in [0.15, 0.2) is 35.5 Å². The summed E-state index contributed by atoms with van der Waals surface area (Å²) in [5, 5.41) is 21.1. The van der Waals surface area contributed by atoms with E-state index in [-0.39, 0.29) is 0 Å². The Kier molecular flexibility index (Phi) is 4.19. The lowest BCUT2D eigenvalue weighted by molar-refractivity contribution is -0.136. The van der Waals surface area contributed by atoms with Crippen molar-refractivity contribution in [2.75, 3.05) is 0 Å². The van der Waals surface area contributed by atoms with E-state index in [9.17, 15) is 9.90 Å². The van der Waals surface area contributed by atoms with Crippen LogP contribution in [0, 0.1) is 0 Å². The van der Waals surface area contributed by atoms with Crippen LogP contribution in [0.4, 0.5) is 0 Å². The van der Waals surface area contributed by atoms with Crippen molar-refractivity contribution >= 4 is 17.7 Å². The number of rotatable bonds is 5. The molecule has 0 bridgehead atoms. The van der Waals surface area contributed by atoms with Crippen molar-refractivity contribution < 1.29 is 9.90 Å². The normalized spacial score (nSPS) is 17.0. The number of aromatic nitrogens is 4. The Labute approximate surface area is 126 Å². The predicted octanol–water partition coefficient (Wildman–Crippen LogP) is 2.71. The highest BCUT2D eigenvalue weighted by Gasteiger charge is 2.27. The average Bonchev–Trinajstić information content (AvgIpc) is 3.16. The molecule has 3 rings (SSSR count). The fourth-order valence-corrected chi connectivity index (χ4v) is 3.62. The third-order valence-corrected chi connectivity index (χ3v) is 4.87. The third kappa shape index (κ3) is 3.07. The van der Waals surface area contributed by atoms with E-state index >= 15 is 0 Å². The van der Waals surface area contributed by atoms with Crippen LogP contribution in [0.3, 0.4) is 0 Å². The first-order chi connectivity index (χ1) is 10.3. The number of benzene rings is 1. The minimum absolute atomic E-state index is 0.299. The Balaban J connectivity index is 1.84. The van der Waals surface area contributed by atoms with E-state index in [1.54, 1.807) is 4.68 Å². The van der Waals surface area contributed by atoms with Crippen LogP contribution in [0.2, 0.25) is 0 Å². The maximum absolute atomic E-state index is 11.6. The van der Waals surface area contributed by atoms with Crippen molar-refractivity contribution in [3.8, 4) is 0 Å². The lowest BCUT2D eigenvalue weighted by atomic mass is 10.1. The van der Waals surface area contributed by atoms with Gasteiger partial charge < -0.3 is 5.11 Å². The Morgan fingerprint density at radius 3 is 2.67 bits per heavy atom. The molecule has 2 aromatic rings. The highest BCUT2D eigenvalue weighted by Crippen LogP contribution is 2.37. The minimum atomic E-state index is -0.882. The first-order valence-corrected chi connectivity index (χ1v) is 7.86. The zero-order valence-electron chi connectivity index (χ0n) is 11.4. The molecule has 0 radical (unpaired) electrons. The average molecular weight is 304 g/mol. The molecule has 1 aliphatic rings. The van der Waals surface area contributed by atoms with E-state index in [1.165, 1.54) is 24.6 Å². The minimum Gasteiger partial charge on any atom is -0.480 e. The van der Waals surface area contributed by atoms with Gasteiger partial charge >= 0.3 is 5.97 Å². The van der Waals surface area contributed by atoms with Gasteiger partial charge in [0, 0.05) is 0 Å². The molecular formula is C14H16N4O2S. The predicted molar refractivity (Wildman–Crippen MR) is 78.0 cm³/mol. The SMILES string of the molecule is O=C(O)C(Sc1nnnn1C1CCCC1)c1ccccc1. The summed E-state index contributed by atoms with van der Waals surface area (Å²) in [5.74, 6) is -0.882. The van der Waals surface area contributed by atoms with Gasteiger partial charge in [0.2, 0.25) is 5.16 Å². The number of thioether (sulfide) groups is 1. The number of carboxylic acids is 1. The molecule has 110 valence electrons. The van der Waals surface area contributed by atoms with Gasteiger partial charge in [-0.15, -0.1) is 5.10 Å². The Morgan fingerprint density at radius 2 is 2.00 bits per heavy atom. The fraction of sp³-hybridized carbons (Fsp3) is 0.429. The topological polar surface area (TPSA) is 80.9 Å². The Hall–Kier alpha value is -1.89. The van der Waals surface area contributed by atoms with Gasteiger partial charge in [-0.05, 0) is 28.8 Å². The molecule has 1 unspecified atom stereocenters. The van der Waals surface area contributed by atoms with Crippen molar-refractivity contribution in [2.45, 2.75) is 42.1 Å². The van der Waals surface area contributed by atoms with Crippen LogP contribution in [0.1, 0.15) is 42.5 Å². The molecule has 1 saturated carbocycles. The second-order valence-corrected chi connectivity index (χ2v) is 6.16.